The Bertz CT molecular complexity index is 375. The molecule has 0 spiro atoms. The van der Waals surface area contributed by atoms with Crippen LogP contribution in [0.15, 0.2) is 22.7 Å². The van der Waals surface area contributed by atoms with E-state index in [4.69, 9.17) is 5.11 Å². The molecular weight excluding hydrogens is 270 g/mol. The zero-order valence-corrected chi connectivity index (χ0v) is 11.0. The lowest BCUT2D eigenvalue weighted by Gasteiger charge is -2.15. The minimum absolute atomic E-state index is 0.0324. The van der Waals surface area contributed by atoms with E-state index >= 15 is 0 Å². The zero-order valence-electron chi connectivity index (χ0n) is 9.46. The summed E-state index contributed by atoms with van der Waals surface area (Å²) >= 11 is 3.39. The zero-order chi connectivity index (χ0) is 12.1. The quantitative estimate of drug-likeness (QED) is 0.892. The topological polar surface area (TPSA) is 49.3 Å². The van der Waals surface area contributed by atoms with Crippen LogP contribution >= 0.6 is 15.9 Å². The SMILES string of the molecule is CC[C@H](CO)NC(=O)c1cccc(Br)c1C. The number of nitrogens with one attached hydrogen (secondary N) is 1. The molecule has 1 aromatic rings. The Morgan fingerprint density at radius 3 is 2.81 bits per heavy atom. The van der Waals surface area contributed by atoms with Crippen LogP contribution in [-0.2, 0) is 0 Å². The highest BCUT2D eigenvalue weighted by atomic mass is 79.9. The van der Waals surface area contributed by atoms with Crippen LogP contribution in [-0.4, -0.2) is 23.7 Å². The molecule has 16 heavy (non-hydrogen) atoms. The number of carbonyl (C=O) groups is 1. The van der Waals surface area contributed by atoms with Gasteiger partial charge >= 0.3 is 0 Å². The number of hydrogen-bond donors (Lipinski definition) is 2. The molecule has 2 N–H and O–H groups in total. The van der Waals surface area contributed by atoms with Crippen molar-refractivity contribution in [3.05, 3.63) is 33.8 Å². The summed E-state index contributed by atoms with van der Waals surface area (Å²) in [6.45, 7) is 3.78. The van der Waals surface area contributed by atoms with Crippen molar-refractivity contribution in [2.24, 2.45) is 0 Å². The molecule has 0 unspecified atom stereocenters. The van der Waals surface area contributed by atoms with E-state index in [9.17, 15) is 4.79 Å². The van der Waals surface area contributed by atoms with E-state index in [1.54, 1.807) is 6.07 Å². The predicted octanol–water partition coefficient (Wildman–Crippen LogP) is 2.26. The maximum absolute atomic E-state index is 11.9. The van der Waals surface area contributed by atoms with Crippen molar-refractivity contribution in [3.8, 4) is 0 Å². The number of rotatable bonds is 4. The fraction of sp³-hybridized carbons (Fsp3) is 0.417. The largest absolute Gasteiger partial charge is 0.394 e. The van der Waals surface area contributed by atoms with E-state index in [1.807, 2.05) is 26.0 Å². The van der Waals surface area contributed by atoms with Crippen molar-refractivity contribution in [1.29, 1.82) is 0 Å². The van der Waals surface area contributed by atoms with Gasteiger partial charge in [0.2, 0.25) is 0 Å². The highest BCUT2D eigenvalue weighted by molar-refractivity contribution is 9.10. The maximum atomic E-state index is 11.9. The minimum Gasteiger partial charge on any atom is -0.394 e. The summed E-state index contributed by atoms with van der Waals surface area (Å²) in [6.07, 6.45) is 0.718. The van der Waals surface area contributed by atoms with Gasteiger partial charge in [-0.2, -0.15) is 0 Å². The lowest BCUT2D eigenvalue weighted by atomic mass is 10.1. The summed E-state index contributed by atoms with van der Waals surface area (Å²) in [6, 6.07) is 5.33. The second kappa shape index (κ2) is 6.01. The fourth-order valence-electron chi connectivity index (χ4n) is 1.39. The molecule has 1 atom stereocenters. The van der Waals surface area contributed by atoms with Gasteiger partial charge in [-0.05, 0) is 31.0 Å². The van der Waals surface area contributed by atoms with Crippen molar-refractivity contribution >= 4 is 21.8 Å². The molecule has 0 aliphatic rings. The van der Waals surface area contributed by atoms with E-state index in [0.29, 0.717) is 5.56 Å². The average Bonchev–Trinajstić information content (AvgIpc) is 2.29. The Labute approximate surface area is 104 Å². The molecule has 0 saturated carbocycles. The number of aliphatic hydroxyl groups is 1. The van der Waals surface area contributed by atoms with Crippen LogP contribution in [0.5, 0.6) is 0 Å². The molecule has 1 amide bonds. The lowest BCUT2D eigenvalue weighted by Crippen LogP contribution is -2.37. The van der Waals surface area contributed by atoms with Crippen LogP contribution in [0.3, 0.4) is 0 Å². The number of halogens is 1. The predicted molar refractivity (Wildman–Crippen MR) is 67.5 cm³/mol. The van der Waals surface area contributed by atoms with Crippen LogP contribution < -0.4 is 5.32 Å². The summed E-state index contributed by atoms with van der Waals surface area (Å²) in [5.74, 6) is -0.139. The van der Waals surface area contributed by atoms with Crippen molar-refractivity contribution < 1.29 is 9.90 Å². The molecule has 88 valence electrons. The van der Waals surface area contributed by atoms with Gasteiger partial charge < -0.3 is 10.4 Å². The summed E-state index contributed by atoms with van der Waals surface area (Å²) in [5, 5.41) is 11.8. The van der Waals surface area contributed by atoms with Gasteiger partial charge in [-0.1, -0.05) is 28.9 Å². The van der Waals surface area contributed by atoms with Crippen molar-refractivity contribution in [2.45, 2.75) is 26.3 Å². The van der Waals surface area contributed by atoms with E-state index in [2.05, 4.69) is 21.2 Å². The number of benzene rings is 1. The molecule has 3 nitrogen and oxygen atoms in total. The number of hydrogen-bond acceptors (Lipinski definition) is 2. The first kappa shape index (κ1) is 13.2. The second-order valence-corrected chi connectivity index (χ2v) is 4.53. The van der Waals surface area contributed by atoms with Crippen molar-refractivity contribution in [1.82, 2.24) is 5.32 Å². The number of aliphatic hydroxyl groups excluding tert-OH is 1. The highest BCUT2D eigenvalue weighted by Crippen LogP contribution is 2.19. The molecule has 0 aromatic heterocycles. The smallest absolute Gasteiger partial charge is 0.251 e. The monoisotopic (exact) mass is 285 g/mol. The van der Waals surface area contributed by atoms with Crippen LogP contribution in [0.2, 0.25) is 0 Å². The molecule has 1 rings (SSSR count). The standard InChI is InChI=1S/C12H16BrNO2/c1-3-9(7-15)14-12(16)10-5-4-6-11(13)8(10)2/h4-6,9,15H,3,7H2,1-2H3,(H,14,16)/t9-/m1/s1. The first-order valence-electron chi connectivity index (χ1n) is 5.27. The second-order valence-electron chi connectivity index (χ2n) is 3.67. The third-order valence-corrected chi connectivity index (χ3v) is 3.42. The Hall–Kier alpha value is -0.870. The van der Waals surface area contributed by atoms with Gasteiger partial charge in [-0.15, -0.1) is 0 Å². The molecule has 0 radical (unpaired) electrons. The molecule has 0 aliphatic heterocycles. The molecule has 0 fully saturated rings. The van der Waals surface area contributed by atoms with Gasteiger partial charge in [-0.3, -0.25) is 4.79 Å². The summed E-state index contributed by atoms with van der Waals surface area (Å²) in [4.78, 5) is 11.9. The summed E-state index contributed by atoms with van der Waals surface area (Å²) in [5.41, 5.74) is 1.55. The van der Waals surface area contributed by atoms with Gasteiger partial charge in [0.15, 0.2) is 0 Å². The van der Waals surface area contributed by atoms with E-state index in [1.165, 1.54) is 0 Å². The third kappa shape index (κ3) is 3.06. The van der Waals surface area contributed by atoms with Crippen molar-refractivity contribution in [2.75, 3.05) is 6.61 Å². The van der Waals surface area contributed by atoms with Crippen LogP contribution in [0, 0.1) is 6.92 Å². The number of carbonyl (C=O) groups excluding carboxylic acids is 1. The summed E-state index contributed by atoms with van der Waals surface area (Å²) < 4.78 is 0.914. The molecule has 0 heterocycles. The van der Waals surface area contributed by atoms with Gasteiger partial charge in [0, 0.05) is 10.0 Å². The van der Waals surface area contributed by atoms with Crippen molar-refractivity contribution in [3.63, 3.8) is 0 Å². The molecule has 4 heteroatoms. The Kier molecular flexibility index (Phi) is 4.96. The van der Waals surface area contributed by atoms with Gasteiger partial charge in [0.05, 0.1) is 12.6 Å². The van der Waals surface area contributed by atoms with Crippen LogP contribution in [0.25, 0.3) is 0 Å². The Morgan fingerprint density at radius 1 is 1.56 bits per heavy atom. The maximum Gasteiger partial charge on any atom is 0.251 e. The third-order valence-electron chi connectivity index (χ3n) is 2.56. The normalized spacial score (nSPS) is 12.2. The fourth-order valence-corrected chi connectivity index (χ4v) is 1.76. The average molecular weight is 286 g/mol. The Morgan fingerprint density at radius 2 is 2.25 bits per heavy atom. The Balaban J connectivity index is 2.84. The van der Waals surface area contributed by atoms with Gasteiger partial charge in [-0.25, -0.2) is 0 Å². The first-order chi connectivity index (χ1) is 7.60. The highest BCUT2D eigenvalue weighted by Gasteiger charge is 2.13. The summed E-state index contributed by atoms with van der Waals surface area (Å²) in [7, 11) is 0. The van der Waals surface area contributed by atoms with Crippen LogP contribution in [0.4, 0.5) is 0 Å². The number of amides is 1. The van der Waals surface area contributed by atoms with E-state index in [-0.39, 0.29) is 18.6 Å². The lowest BCUT2D eigenvalue weighted by molar-refractivity contribution is 0.0914. The molecule has 0 aliphatic carbocycles. The molecule has 1 aromatic carbocycles. The van der Waals surface area contributed by atoms with Gasteiger partial charge in [0.1, 0.15) is 0 Å². The molecule has 0 bridgehead atoms. The van der Waals surface area contributed by atoms with E-state index in [0.717, 1.165) is 16.5 Å². The van der Waals surface area contributed by atoms with Crippen LogP contribution in [0.1, 0.15) is 29.3 Å². The molecular formula is C12H16BrNO2. The minimum atomic E-state index is -0.175. The van der Waals surface area contributed by atoms with E-state index < -0.39 is 0 Å². The first-order valence-corrected chi connectivity index (χ1v) is 6.06. The van der Waals surface area contributed by atoms with Gasteiger partial charge in [0.25, 0.3) is 5.91 Å². The molecule has 0 saturated heterocycles.